The Morgan fingerprint density at radius 3 is 2.57 bits per heavy atom. The normalized spacial score (nSPS) is 21.2. The zero-order valence-corrected chi connectivity index (χ0v) is 19.1. The molecule has 1 aliphatic rings. The third kappa shape index (κ3) is 5.35. The number of ether oxygens (including phenoxy) is 1. The lowest BCUT2D eigenvalue weighted by atomic mass is 9.93. The Bertz CT molecular complexity index is 727. The van der Waals surface area contributed by atoms with Crippen LogP contribution in [-0.2, 0) is 15.1 Å². The Labute approximate surface area is 172 Å². The van der Waals surface area contributed by atoms with Gasteiger partial charge >= 0.3 is 6.18 Å². The minimum atomic E-state index is -4.53. The number of halogens is 4. The van der Waals surface area contributed by atoms with E-state index in [1.54, 1.807) is 25.1 Å². The van der Waals surface area contributed by atoms with E-state index in [4.69, 9.17) is 10.5 Å². The molecular weight excluding hydrogens is 455 g/mol. The zero-order valence-electron chi connectivity index (χ0n) is 16.5. The highest BCUT2D eigenvalue weighted by atomic mass is 79.9. The van der Waals surface area contributed by atoms with E-state index in [0.29, 0.717) is 17.9 Å². The van der Waals surface area contributed by atoms with Crippen molar-refractivity contribution in [2.45, 2.75) is 50.4 Å². The number of carbonyl (C=O) groups excluding carboxylic acids is 1. The summed E-state index contributed by atoms with van der Waals surface area (Å²) in [6.45, 7) is 8.29. The van der Waals surface area contributed by atoms with E-state index in [0.717, 1.165) is 10.5 Å². The summed E-state index contributed by atoms with van der Waals surface area (Å²) >= 11 is 3.38. The molecule has 1 aromatic rings. The number of rotatable bonds is 8. The van der Waals surface area contributed by atoms with E-state index >= 15 is 0 Å². The van der Waals surface area contributed by atoms with Crippen LogP contribution < -0.4 is 16.0 Å². The van der Waals surface area contributed by atoms with Crippen LogP contribution in [0.4, 0.5) is 18.9 Å². The van der Waals surface area contributed by atoms with Crippen LogP contribution >= 0.6 is 15.9 Å². The molecule has 2 atom stereocenters. The summed E-state index contributed by atoms with van der Waals surface area (Å²) in [6.07, 6.45) is -4.53. The van der Waals surface area contributed by atoms with E-state index in [-0.39, 0.29) is 12.6 Å². The summed E-state index contributed by atoms with van der Waals surface area (Å²) in [5.74, 6) is -0.358. The van der Waals surface area contributed by atoms with Gasteiger partial charge in [-0.3, -0.25) is 15.0 Å². The molecular formula is C18H27BrF3N3O2Si. The molecule has 1 amide bonds. The average molecular weight is 482 g/mol. The first-order valence-corrected chi connectivity index (χ1v) is 13.5. The molecule has 3 N–H and O–H groups in total. The predicted molar refractivity (Wildman–Crippen MR) is 110 cm³/mol. The smallest absolute Gasteiger partial charge is 0.361 e. The van der Waals surface area contributed by atoms with Gasteiger partial charge in [0.1, 0.15) is 18.3 Å². The van der Waals surface area contributed by atoms with Crippen LogP contribution in [0.15, 0.2) is 22.7 Å². The Morgan fingerprint density at radius 2 is 2.00 bits per heavy atom. The summed E-state index contributed by atoms with van der Waals surface area (Å²) in [5, 5.41) is 2.73. The highest BCUT2D eigenvalue weighted by Gasteiger charge is 2.48. The fourth-order valence-electron chi connectivity index (χ4n) is 2.91. The molecule has 1 heterocycles. The topological polar surface area (TPSA) is 67.6 Å². The molecule has 1 unspecified atom stereocenters. The Balaban J connectivity index is 2.19. The molecule has 0 fully saturated rings. The fourth-order valence-corrected chi connectivity index (χ4v) is 4.01. The van der Waals surface area contributed by atoms with Gasteiger partial charge in [0.05, 0.1) is 5.69 Å². The average Bonchev–Trinajstić information content (AvgIpc) is 2.76. The molecule has 10 heteroatoms. The van der Waals surface area contributed by atoms with Gasteiger partial charge in [-0.25, -0.2) is 0 Å². The third-order valence-corrected chi connectivity index (χ3v) is 6.97. The zero-order chi connectivity index (χ0) is 21.3. The van der Waals surface area contributed by atoms with Crippen LogP contribution in [0.5, 0.6) is 0 Å². The number of nitrogens with zero attached hydrogens (tertiary/aromatic N) is 1. The maximum atomic E-state index is 13.1. The van der Waals surface area contributed by atoms with Crippen LogP contribution in [0.2, 0.25) is 25.7 Å². The number of nitrogens with two attached hydrogens (primary N) is 1. The first kappa shape index (κ1) is 23.3. The molecule has 0 saturated heterocycles. The second kappa shape index (κ2) is 8.43. The number of alkyl halides is 3. The van der Waals surface area contributed by atoms with Gasteiger partial charge in [0.15, 0.2) is 0 Å². The van der Waals surface area contributed by atoms with Crippen molar-refractivity contribution in [2.24, 2.45) is 5.73 Å². The van der Waals surface area contributed by atoms with E-state index < -0.39 is 32.4 Å². The summed E-state index contributed by atoms with van der Waals surface area (Å²) in [5.41, 5.74) is 5.12. The minimum Gasteiger partial charge on any atom is -0.361 e. The van der Waals surface area contributed by atoms with Crippen molar-refractivity contribution < 1.29 is 22.7 Å². The number of nitrogens with one attached hydrogen (secondary N) is 1. The van der Waals surface area contributed by atoms with Crippen molar-refractivity contribution in [3.8, 4) is 0 Å². The SMILES string of the molecule is CC1(NC[C@H](N)C(F)(F)F)C(=O)N(COCC[Si](C)(C)C)c2cc(Br)ccc21. The molecule has 0 saturated carbocycles. The van der Waals surface area contributed by atoms with Gasteiger partial charge in [0.2, 0.25) is 0 Å². The largest absolute Gasteiger partial charge is 0.404 e. The van der Waals surface area contributed by atoms with Crippen molar-refractivity contribution in [3.63, 3.8) is 0 Å². The molecule has 0 aromatic heterocycles. The molecule has 5 nitrogen and oxygen atoms in total. The molecule has 1 aromatic carbocycles. The lowest BCUT2D eigenvalue weighted by Crippen LogP contribution is -2.55. The van der Waals surface area contributed by atoms with Gasteiger partial charge in [-0.05, 0) is 25.1 Å². The number of anilines is 1. The standard InChI is InChI=1S/C18H27BrF3N3O2Si/c1-17(24-10-15(23)18(20,21)22)13-6-5-12(19)9-14(13)25(16(17)26)11-27-7-8-28(2,3)4/h5-6,9,15,24H,7-8,10-11,23H2,1-4H3/t15-,17?/m0/s1. The highest BCUT2D eigenvalue weighted by molar-refractivity contribution is 9.10. The molecule has 0 aliphatic carbocycles. The molecule has 158 valence electrons. The molecule has 0 spiro atoms. The number of fused-ring (bicyclic) bond motifs is 1. The molecule has 0 bridgehead atoms. The highest BCUT2D eigenvalue weighted by Crippen LogP contribution is 2.41. The van der Waals surface area contributed by atoms with Crippen molar-refractivity contribution in [2.75, 3.05) is 24.8 Å². The van der Waals surface area contributed by atoms with Gasteiger partial charge in [0, 0.05) is 31.3 Å². The van der Waals surface area contributed by atoms with Gasteiger partial charge < -0.3 is 10.5 Å². The number of carbonyl (C=O) groups is 1. The molecule has 1 aliphatic heterocycles. The van der Waals surface area contributed by atoms with Gasteiger partial charge in [-0.15, -0.1) is 0 Å². The Morgan fingerprint density at radius 1 is 1.36 bits per heavy atom. The van der Waals surface area contributed by atoms with E-state index in [9.17, 15) is 18.0 Å². The number of hydrogen-bond acceptors (Lipinski definition) is 4. The molecule has 2 rings (SSSR count). The Hall–Kier alpha value is -0.943. The van der Waals surface area contributed by atoms with Crippen LogP contribution in [0.1, 0.15) is 12.5 Å². The minimum absolute atomic E-state index is 0.0510. The number of benzene rings is 1. The quantitative estimate of drug-likeness (QED) is 0.437. The second-order valence-electron chi connectivity index (χ2n) is 8.40. The lowest BCUT2D eigenvalue weighted by molar-refractivity contribution is -0.148. The van der Waals surface area contributed by atoms with Crippen molar-refractivity contribution in [1.82, 2.24) is 5.32 Å². The van der Waals surface area contributed by atoms with E-state index in [1.165, 1.54) is 4.90 Å². The summed E-state index contributed by atoms with van der Waals surface area (Å²) in [7, 11) is -1.27. The maximum absolute atomic E-state index is 13.1. The van der Waals surface area contributed by atoms with Gasteiger partial charge in [-0.1, -0.05) is 41.6 Å². The van der Waals surface area contributed by atoms with Crippen molar-refractivity contribution in [1.29, 1.82) is 0 Å². The van der Waals surface area contributed by atoms with Crippen LogP contribution in [0.25, 0.3) is 0 Å². The first-order chi connectivity index (χ1) is 12.8. The van der Waals surface area contributed by atoms with E-state index in [1.807, 2.05) is 0 Å². The summed E-state index contributed by atoms with van der Waals surface area (Å²) < 4.78 is 44.9. The summed E-state index contributed by atoms with van der Waals surface area (Å²) in [4.78, 5) is 14.6. The molecule has 0 radical (unpaired) electrons. The van der Waals surface area contributed by atoms with Crippen LogP contribution in [0, 0.1) is 0 Å². The molecule has 28 heavy (non-hydrogen) atoms. The second-order valence-corrected chi connectivity index (χ2v) is 14.9. The monoisotopic (exact) mass is 481 g/mol. The summed E-state index contributed by atoms with van der Waals surface area (Å²) in [6, 6.07) is 4.15. The van der Waals surface area contributed by atoms with Crippen molar-refractivity contribution in [3.05, 3.63) is 28.2 Å². The van der Waals surface area contributed by atoms with Gasteiger partial charge in [-0.2, -0.15) is 13.2 Å². The van der Waals surface area contributed by atoms with Crippen LogP contribution in [0.3, 0.4) is 0 Å². The van der Waals surface area contributed by atoms with Crippen LogP contribution in [-0.4, -0.2) is 46.1 Å². The first-order valence-electron chi connectivity index (χ1n) is 9.03. The Kier molecular flexibility index (Phi) is 7.02. The number of hydrogen-bond donors (Lipinski definition) is 2. The maximum Gasteiger partial charge on any atom is 0.404 e. The van der Waals surface area contributed by atoms with E-state index in [2.05, 4.69) is 40.9 Å². The third-order valence-electron chi connectivity index (χ3n) is 4.77. The van der Waals surface area contributed by atoms with Gasteiger partial charge in [0.25, 0.3) is 5.91 Å². The fraction of sp³-hybridized carbons (Fsp3) is 0.611. The number of amides is 1. The van der Waals surface area contributed by atoms with Crippen molar-refractivity contribution >= 4 is 35.6 Å². The predicted octanol–water partition coefficient (Wildman–Crippen LogP) is 3.80. The lowest BCUT2D eigenvalue weighted by Gasteiger charge is -2.28.